The number of primary amides is 1. The van der Waals surface area contributed by atoms with Gasteiger partial charge >= 0.3 is 5.97 Å². The molecular weight excluding hydrogens is 289 g/mol. The fourth-order valence-corrected chi connectivity index (χ4v) is 1.49. The number of amides is 2. The highest BCUT2D eigenvalue weighted by atomic mass is 19.1. The summed E-state index contributed by atoms with van der Waals surface area (Å²) in [6, 6.07) is 0.538. The van der Waals surface area contributed by atoms with Crippen LogP contribution < -0.4 is 11.1 Å². The Hall–Kier alpha value is -3.04. The molecule has 0 aliphatic rings. The van der Waals surface area contributed by atoms with Gasteiger partial charge in [-0.15, -0.1) is 0 Å². The number of hydrogen-bond donors (Lipinski definition) is 3. The van der Waals surface area contributed by atoms with Crippen molar-refractivity contribution in [2.24, 2.45) is 5.73 Å². The van der Waals surface area contributed by atoms with E-state index in [2.05, 4.69) is 0 Å². The Balaban J connectivity index is 3.05. The van der Waals surface area contributed by atoms with Crippen molar-refractivity contribution in [2.45, 2.75) is 12.5 Å². The van der Waals surface area contributed by atoms with Gasteiger partial charge in [0.05, 0.1) is 17.4 Å². The predicted molar refractivity (Wildman–Crippen MR) is 65.8 cm³/mol. The Morgan fingerprint density at radius 2 is 2.05 bits per heavy atom. The Labute approximate surface area is 116 Å². The van der Waals surface area contributed by atoms with Crippen LogP contribution in [-0.4, -0.2) is 33.9 Å². The van der Waals surface area contributed by atoms with E-state index in [1.165, 1.54) is 0 Å². The lowest BCUT2D eigenvalue weighted by Crippen LogP contribution is -2.43. The number of carboxylic acids is 1. The minimum absolute atomic E-state index is 0.527. The van der Waals surface area contributed by atoms with E-state index in [1.54, 1.807) is 0 Å². The van der Waals surface area contributed by atoms with Crippen LogP contribution in [0.5, 0.6) is 0 Å². The number of rotatable bonds is 6. The monoisotopic (exact) mass is 299 g/mol. The van der Waals surface area contributed by atoms with Crippen molar-refractivity contribution in [1.82, 2.24) is 5.32 Å². The van der Waals surface area contributed by atoms with Gasteiger partial charge < -0.3 is 16.2 Å². The molecule has 2 amide bonds. The highest BCUT2D eigenvalue weighted by Crippen LogP contribution is 2.19. The smallest absolute Gasteiger partial charge is 0.326 e. The van der Waals surface area contributed by atoms with Gasteiger partial charge in [-0.1, -0.05) is 0 Å². The average Bonchev–Trinajstić information content (AvgIpc) is 2.36. The minimum atomic E-state index is -1.64. The summed E-state index contributed by atoms with van der Waals surface area (Å²) in [4.78, 5) is 43.1. The Bertz CT molecular complexity index is 618. The first kappa shape index (κ1) is 16.0. The van der Waals surface area contributed by atoms with Crippen molar-refractivity contribution in [3.05, 3.63) is 39.7 Å². The maximum atomic E-state index is 12.9. The van der Waals surface area contributed by atoms with E-state index in [0.717, 1.165) is 12.1 Å². The largest absolute Gasteiger partial charge is 0.480 e. The number of halogens is 1. The van der Waals surface area contributed by atoms with Gasteiger partial charge in [-0.05, 0) is 12.1 Å². The summed E-state index contributed by atoms with van der Waals surface area (Å²) in [5.41, 5.74) is 3.48. The second-order valence-corrected chi connectivity index (χ2v) is 3.95. The number of carboxylic acid groups (broad SMARTS) is 1. The summed E-state index contributed by atoms with van der Waals surface area (Å²) in [6.45, 7) is 0. The second-order valence-electron chi connectivity index (χ2n) is 3.95. The van der Waals surface area contributed by atoms with Crippen molar-refractivity contribution in [3.8, 4) is 0 Å². The van der Waals surface area contributed by atoms with Crippen molar-refractivity contribution in [1.29, 1.82) is 0 Å². The molecule has 1 aromatic carbocycles. The summed E-state index contributed by atoms with van der Waals surface area (Å²) < 4.78 is 12.9. The summed E-state index contributed by atoms with van der Waals surface area (Å²) in [6.07, 6.45) is -0.684. The van der Waals surface area contributed by atoms with Crippen LogP contribution in [0.3, 0.4) is 0 Å². The number of nitro groups is 1. The van der Waals surface area contributed by atoms with Crippen LogP contribution in [0.25, 0.3) is 0 Å². The number of nitro benzene ring substituents is 1. The number of nitrogens with zero attached hydrogens (tertiary/aromatic N) is 1. The van der Waals surface area contributed by atoms with Gasteiger partial charge in [-0.25, -0.2) is 9.18 Å². The molecule has 1 aromatic rings. The van der Waals surface area contributed by atoms with Gasteiger partial charge in [-0.2, -0.15) is 0 Å². The second kappa shape index (κ2) is 6.41. The molecule has 1 unspecified atom stereocenters. The SMILES string of the molecule is NC(=O)CC(NC(=O)c1ccc(F)cc1[N+](=O)[O-])C(=O)O. The number of carbonyl (C=O) groups is 3. The van der Waals surface area contributed by atoms with Gasteiger partial charge in [0, 0.05) is 0 Å². The summed E-state index contributed by atoms with van der Waals surface area (Å²) in [7, 11) is 0. The van der Waals surface area contributed by atoms with Gasteiger partial charge in [0.2, 0.25) is 5.91 Å². The Morgan fingerprint density at radius 3 is 2.52 bits per heavy atom. The number of benzene rings is 1. The molecule has 0 fully saturated rings. The minimum Gasteiger partial charge on any atom is -0.480 e. The van der Waals surface area contributed by atoms with E-state index in [-0.39, 0.29) is 0 Å². The summed E-state index contributed by atoms with van der Waals surface area (Å²) in [5.74, 6) is -4.57. The molecule has 0 radical (unpaired) electrons. The number of carbonyl (C=O) groups excluding carboxylic acids is 2. The molecule has 0 bridgehead atoms. The molecule has 4 N–H and O–H groups in total. The first-order valence-corrected chi connectivity index (χ1v) is 5.48. The molecule has 0 saturated heterocycles. The molecule has 21 heavy (non-hydrogen) atoms. The number of hydrogen-bond acceptors (Lipinski definition) is 5. The summed E-state index contributed by atoms with van der Waals surface area (Å²) >= 11 is 0. The highest BCUT2D eigenvalue weighted by Gasteiger charge is 2.27. The van der Waals surface area contributed by atoms with Crippen LogP contribution in [0, 0.1) is 15.9 Å². The quantitative estimate of drug-likeness (QED) is 0.488. The molecular formula is C11H10FN3O6. The number of aliphatic carboxylic acids is 1. The fraction of sp³-hybridized carbons (Fsp3) is 0.182. The Kier molecular flexibility index (Phi) is 4.89. The predicted octanol–water partition coefficient (Wildman–Crippen LogP) is -0.208. The third-order valence-electron chi connectivity index (χ3n) is 2.41. The van der Waals surface area contributed by atoms with Gasteiger partial charge in [0.25, 0.3) is 11.6 Å². The summed E-state index contributed by atoms with van der Waals surface area (Å²) in [5, 5.41) is 21.5. The van der Waals surface area contributed by atoms with Crippen LogP contribution in [0.2, 0.25) is 0 Å². The first-order chi connectivity index (χ1) is 9.72. The normalized spacial score (nSPS) is 11.5. The molecule has 0 aromatic heterocycles. The van der Waals surface area contributed by atoms with Crippen LogP contribution in [0.15, 0.2) is 18.2 Å². The lowest BCUT2D eigenvalue weighted by molar-refractivity contribution is -0.385. The maximum Gasteiger partial charge on any atom is 0.326 e. The van der Waals surface area contributed by atoms with Crippen LogP contribution in [-0.2, 0) is 9.59 Å². The van der Waals surface area contributed by atoms with Crippen molar-refractivity contribution in [3.63, 3.8) is 0 Å². The molecule has 0 saturated carbocycles. The molecule has 9 nitrogen and oxygen atoms in total. The molecule has 112 valence electrons. The van der Waals surface area contributed by atoms with Crippen LogP contribution in [0.4, 0.5) is 10.1 Å². The molecule has 1 atom stereocenters. The van der Waals surface area contributed by atoms with E-state index in [9.17, 15) is 28.9 Å². The van der Waals surface area contributed by atoms with E-state index in [1.807, 2.05) is 5.32 Å². The molecule has 0 aliphatic heterocycles. The first-order valence-electron chi connectivity index (χ1n) is 5.48. The average molecular weight is 299 g/mol. The highest BCUT2D eigenvalue weighted by molar-refractivity contribution is 6.00. The zero-order valence-electron chi connectivity index (χ0n) is 10.4. The molecule has 10 heteroatoms. The van der Waals surface area contributed by atoms with Crippen molar-refractivity contribution < 1.29 is 28.8 Å². The van der Waals surface area contributed by atoms with Crippen LogP contribution in [0.1, 0.15) is 16.8 Å². The molecule has 0 heterocycles. The van der Waals surface area contributed by atoms with E-state index < -0.39 is 52.2 Å². The maximum absolute atomic E-state index is 12.9. The van der Waals surface area contributed by atoms with Gasteiger partial charge in [-0.3, -0.25) is 19.7 Å². The number of nitrogens with two attached hydrogens (primary N) is 1. The fourth-order valence-electron chi connectivity index (χ4n) is 1.49. The van der Waals surface area contributed by atoms with E-state index in [4.69, 9.17) is 10.8 Å². The zero-order chi connectivity index (χ0) is 16.2. The van der Waals surface area contributed by atoms with Crippen LogP contribution >= 0.6 is 0 Å². The van der Waals surface area contributed by atoms with E-state index >= 15 is 0 Å². The third-order valence-corrected chi connectivity index (χ3v) is 2.41. The Morgan fingerprint density at radius 1 is 1.43 bits per heavy atom. The van der Waals surface area contributed by atoms with Crippen molar-refractivity contribution in [2.75, 3.05) is 0 Å². The molecule has 0 spiro atoms. The molecule has 1 rings (SSSR count). The standard InChI is InChI=1S/C11H10FN3O6/c12-5-1-2-6(8(3-5)15(20)21)10(17)14-7(11(18)19)4-9(13)16/h1-3,7H,4H2,(H2,13,16)(H,14,17)(H,18,19). The topological polar surface area (TPSA) is 153 Å². The zero-order valence-corrected chi connectivity index (χ0v) is 10.4. The van der Waals surface area contributed by atoms with Crippen molar-refractivity contribution >= 4 is 23.5 Å². The lowest BCUT2D eigenvalue weighted by Gasteiger charge is -2.12. The molecule has 0 aliphatic carbocycles. The third kappa shape index (κ3) is 4.23. The van der Waals surface area contributed by atoms with Gasteiger partial charge in [0.15, 0.2) is 0 Å². The van der Waals surface area contributed by atoms with Gasteiger partial charge in [0.1, 0.15) is 17.4 Å². The lowest BCUT2D eigenvalue weighted by atomic mass is 10.1. The van der Waals surface area contributed by atoms with E-state index in [0.29, 0.717) is 6.07 Å². The number of nitrogens with one attached hydrogen (secondary N) is 1.